The molecule has 9 aromatic carbocycles. The van der Waals surface area contributed by atoms with E-state index in [1.807, 2.05) is 0 Å². The maximum atomic E-state index is 2.44. The Morgan fingerprint density at radius 2 is 0.786 bits per heavy atom. The fraction of sp³-hybridized carbons (Fsp3) is 0. The molecule has 0 spiro atoms. The zero-order valence-electron chi connectivity index (χ0n) is 30.5. The van der Waals surface area contributed by atoms with Crippen molar-refractivity contribution in [1.29, 1.82) is 0 Å². The van der Waals surface area contributed by atoms with Gasteiger partial charge in [0.1, 0.15) is 0 Å². The Kier molecular flexibility index (Phi) is 6.66. The normalized spacial score (nSPS) is 12.6. The van der Waals surface area contributed by atoms with Gasteiger partial charge in [0.05, 0.1) is 16.7 Å². The monoisotopic (exact) mass is 710 g/mol. The molecule has 0 saturated carbocycles. The number of hydrogen-bond acceptors (Lipinski definition) is 1. The molecule has 0 saturated heterocycles. The summed E-state index contributed by atoms with van der Waals surface area (Å²) in [7, 11) is 0. The van der Waals surface area contributed by atoms with E-state index in [0.717, 1.165) is 17.1 Å². The van der Waals surface area contributed by atoms with E-state index < -0.39 is 0 Å². The van der Waals surface area contributed by atoms with Gasteiger partial charge in [0.25, 0.3) is 0 Å². The van der Waals surface area contributed by atoms with Crippen molar-refractivity contribution in [3.63, 3.8) is 0 Å². The Balaban J connectivity index is 1.10. The summed E-state index contributed by atoms with van der Waals surface area (Å²) in [6.45, 7) is 0. The summed E-state index contributed by atoms with van der Waals surface area (Å²) in [5, 5.41) is 4.94. The largest absolute Gasteiger partial charge is 0.310 e. The number of benzene rings is 9. The molecule has 1 heterocycles. The summed E-state index contributed by atoms with van der Waals surface area (Å²) < 4.78 is 2.44. The van der Waals surface area contributed by atoms with E-state index in [9.17, 15) is 0 Å². The van der Waals surface area contributed by atoms with Crippen LogP contribution in [0.25, 0.3) is 71.7 Å². The maximum absolute atomic E-state index is 2.44. The van der Waals surface area contributed by atoms with Gasteiger partial charge in [0.2, 0.25) is 0 Å². The summed E-state index contributed by atoms with van der Waals surface area (Å²) in [5.41, 5.74) is 19.9. The molecule has 2 heteroatoms. The molecule has 0 aliphatic heterocycles. The van der Waals surface area contributed by atoms with Crippen molar-refractivity contribution < 1.29 is 0 Å². The summed E-state index contributed by atoms with van der Waals surface area (Å²) in [5.74, 6) is 0. The SMILES string of the molecule is c1ccc(N(c2ccc3c(c2)C(=C2c4ccccc4-c4ccccc42)c2ccccc2-3)c2ccc3c(c2)c2ccccc2n3-c2cccc3ccccc23)cc1. The Morgan fingerprint density at radius 1 is 0.286 bits per heavy atom. The van der Waals surface area contributed by atoms with Crippen molar-refractivity contribution in [3.8, 4) is 27.9 Å². The molecule has 0 fully saturated rings. The van der Waals surface area contributed by atoms with E-state index >= 15 is 0 Å². The smallest absolute Gasteiger partial charge is 0.0542 e. The number of nitrogens with zero attached hydrogens (tertiary/aromatic N) is 2. The number of aromatic nitrogens is 1. The van der Waals surface area contributed by atoms with Crippen LogP contribution >= 0.6 is 0 Å². The van der Waals surface area contributed by atoms with Crippen LogP contribution in [0.1, 0.15) is 22.3 Å². The van der Waals surface area contributed by atoms with E-state index in [4.69, 9.17) is 0 Å². The van der Waals surface area contributed by atoms with Gasteiger partial charge in [-0.1, -0.05) is 152 Å². The lowest BCUT2D eigenvalue weighted by Gasteiger charge is -2.26. The van der Waals surface area contributed by atoms with Gasteiger partial charge in [-0.05, 0) is 116 Å². The van der Waals surface area contributed by atoms with Crippen LogP contribution in [-0.2, 0) is 0 Å². The predicted octanol–water partition coefficient (Wildman–Crippen LogP) is 14.4. The van der Waals surface area contributed by atoms with Crippen molar-refractivity contribution in [2.75, 3.05) is 4.90 Å². The Labute approximate surface area is 325 Å². The zero-order chi connectivity index (χ0) is 36.7. The second kappa shape index (κ2) is 12.0. The summed E-state index contributed by atoms with van der Waals surface area (Å²) in [4.78, 5) is 2.42. The number of para-hydroxylation sites is 2. The topological polar surface area (TPSA) is 8.17 Å². The van der Waals surface area contributed by atoms with Crippen molar-refractivity contribution in [1.82, 2.24) is 4.57 Å². The van der Waals surface area contributed by atoms with Gasteiger partial charge in [-0.15, -0.1) is 0 Å². The first kappa shape index (κ1) is 31.0. The van der Waals surface area contributed by atoms with Crippen LogP contribution in [0.4, 0.5) is 17.1 Å². The average Bonchev–Trinajstić information content (AvgIpc) is 3.89. The van der Waals surface area contributed by atoms with Gasteiger partial charge >= 0.3 is 0 Å². The van der Waals surface area contributed by atoms with E-state index in [2.05, 4.69) is 216 Å². The summed E-state index contributed by atoms with van der Waals surface area (Å²) >= 11 is 0. The molecule has 0 N–H and O–H groups in total. The van der Waals surface area contributed by atoms with Gasteiger partial charge < -0.3 is 9.47 Å². The van der Waals surface area contributed by atoms with Crippen LogP contribution < -0.4 is 4.90 Å². The molecule has 2 aliphatic rings. The second-order valence-corrected chi connectivity index (χ2v) is 14.8. The highest BCUT2D eigenvalue weighted by atomic mass is 15.1. The molecule has 0 radical (unpaired) electrons. The predicted molar refractivity (Wildman–Crippen MR) is 235 cm³/mol. The van der Waals surface area contributed by atoms with Crippen molar-refractivity contribution >= 4 is 60.8 Å². The Morgan fingerprint density at radius 3 is 1.50 bits per heavy atom. The molecule has 2 nitrogen and oxygen atoms in total. The van der Waals surface area contributed by atoms with E-state index in [0.29, 0.717) is 0 Å². The lowest BCUT2D eigenvalue weighted by atomic mass is 9.91. The maximum Gasteiger partial charge on any atom is 0.0542 e. The first-order chi connectivity index (χ1) is 27.8. The quantitative estimate of drug-likeness (QED) is 0.177. The van der Waals surface area contributed by atoms with Gasteiger partial charge in [-0.25, -0.2) is 0 Å². The van der Waals surface area contributed by atoms with Crippen LogP contribution in [0.3, 0.4) is 0 Å². The molecule has 260 valence electrons. The van der Waals surface area contributed by atoms with Crippen LogP contribution in [0.2, 0.25) is 0 Å². The number of anilines is 3. The third-order valence-corrected chi connectivity index (χ3v) is 11.9. The standard InChI is InChI=1S/C54H34N2/c1-2-17-36(18-3-1)55(38-30-32-52-48(33-38)44-23-12-13-27-51(44)56(52)50-28-14-16-35-15-4-5-19-39(35)50)37-29-31-43-42-22-8-11-26-47(42)54(49(43)34-37)53-45-24-9-6-20-40(45)41-21-7-10-25-46(41)53/h1-34H. The lowest BCUT2D eigenvalue weighted by Crippen LogP contribution is -2.10. The molecular formula is C54H34N2. The van der Waals surface area contributed by atoms with Crippen LogP contribution in [0.5, 0.6) is 0 Å². The van der Waals surface area contributed by atoms with Crippen LogP contribution in [0, 0.1) is 0 Å². The van der Waals surface area contributed by atoms with Gasteiger partial charge in [-0.3, -0.25) is 0 Å². The second-order valence-electron chi connectivity index (χ2n) is 14.8. The first-order valence-electron chi connectivity index (χ1n) is 19.4. The fourth-order valence-electron chi connectivity index (χ4n) is 9.54. The Bertz CT molecular complexity index is 3200. The van der Waals surface area contributed by atoms with Crippen molar-refractivity contribution in [2.45, 2.75) is 0 Å². The molecule has 12 rings (SSSR count). The van der Waals surface area contributed by atoms with E-state index in [-0.39, 0.29) is 0 Å². The number of hydrogen-bond donors (Lipinski definition) is 0. The fourth-order valence-corrected chi connectivity index (χ4v) is 9.54. The minimum absolute atomic E-state index is 1.12. The highest BCUT2D eigenvalue weighted by Gasteiger charge is 2.33. The molecule has 1 aromatic heterocycles. The highest BCUT2D eigenvalue weighted by Crippen LogP contribution is 2.55. The van der Waals surface area contributed by atoms with Crippen molar-refractivity contribution in [2.24, 2.45) is 0 Å². The number of rotatable bonds is 4. The van der Waals surface area contributed by atoms with Crippen LogP contribution in [-0.4, -0.2) is 4.57 Å². The first-order valence-corrected chi connectivity index (χ1v) is 19.4. The molecule has 0 unspecified atom stereocenters. The lowest BCUT2D eigenvalue weighted by molar-refractivity contribution is 1.20. The third-order valence-electron chi connectivity index (χ3n) is 11.9. The highest BCUT2D eigenvalue weighted by molar-refractivity contribution is 6.19. The molecule has 0 bridgehead atoms. The molecule has 0 amide bonds. The average molecular weight is 711 g/mol. The molecule has 0 atom stereocenters. The minimum atomic E-state index is 1.12. The molecule has 2 aliphatic carbocycles. The van der Waals surface area contributed by atoms with Crippen LogP contribution in [0.15, 0.2) is 206 Å². The van der Waals surface area contributed by atoms with E-state index in [1.54, 1.807) is 0 Å². The number of fused-ring (bicyclic) bond motifs is 10. The van der Waals surface area contributed by atoms with Gasteiger partial charge in [-0.2, -0.15) is 0 Å². The Hall–Kier alpha value is -7.42. The van der Waals surface area contributed by atoms with Crippen molar-refractivity contribution in [3.05, 3.63) is 229 Å². The van der Waals surface area contributed by atoms with E-state index in [1.165, 1.54) is 93.9 Å². The third kappa shape index (κ3) is 4.44. The molecule has 10 aromatic rings. The summed E-state index contributed by atoms with van der Waals surface area (Å²) in [6.07, 6.45) is 0. The molecular weight excluding hydrogens is 677 g/mol. The van der Waals surface area contributed by atoms with Gasteiger partial charge in [0, 0.05) is 33.2 Å². The van der Waals surface area contributed by atoms with Gasteiger partial charge in [0.15, 0.2) is 0 Å². The molecule has 56 heavy (non-hydrogen) atoms. The zero-order valence-corrected chi connectivity index (χ0v) is 30.5. The minimum Gasteiger partial charge on any atom is -0.310 e. The summed E-state index contributed by atoms with van der Waals surface area (Å²) in [6, 6.07) is 75.7.